The molecule has 0 unspecified atom stereocenters. The van der Waals surface area contributed by atoms with Crippen LogP contribution in [-0.2, 0) is 9.84 Å². The van der Waals surface area contributed by atoms with Gasteiger partial charge in [0.1, 0.15) is 11.6 Å². The van der Waals surface area contributed by atoms with E-state index in [2.05, 4.69) is 30.5 Å². The molecule has 2 N–H and O–H groups in total. The van der Waals surface area contributed by atoms with Crippen molar-refractivity contribution in [1.29, 1.82) is 0 Å². The minimum Gasteiger partial charge on any atom is -0.497 e. The van der Waals surface area contributed by atoms with Crippen LogP contribution in [-0.4, -0.2) is 50.5 Å². The summed E-state index contributed by atoms with van der Waals surface area (Å²) < 4.78 is 33.5. The van der Waals surface area contributed by atoms with Crippen molar-refractivity contribution in [3.63, 3.8) is 0 Å². The second-order valence-corrected chi connectivity index (χ2v) is 9.04. The van der Waals surface area contributed by atoms with Crippen molar-refractivity contribution in [2.24, 2.45) is 0 Å². The van der Waals surface area contributed by atoms with Gasteiger partial charge in [-0.15, -0.1) is 5.10 Å². The molecule has 11 nitrogen and oxygen atoms in total. The molecule has 3 aromatic heterocycles. The predicted molar refractivity (Wildman–Crippen MR) is 114 cm³/mol. The van der Waals surface area contributed by atoms with Crippen LogP contribution in [0, 0.1) is 13.8 Å². The molecule has 0 aliphatic rings. The third-order valence-electron chi connectivity index (χ3n) is 5.11. The Balaban J connectivity index is 1.69. The van der Waals surface area contributed by atoms with Gasteiger partial charge in [0.05, 0.1) is 22.9 Å². The second kappa shape index (κ2) is 6.99. The number of methoxy groups -OCH3 is 1. The monoisotopic (exact) mass is 451 g/mol. The zero-order valence-corrected chi connectivity index (χ0v) is 18.1. The average Bonchev–Trinajstić information content (AvgIpc) is 3.40. The van der Waals surface area contributed by atoms with Crippen molar-refractivity contribution in [1.82, 2.24) is 35.0 Å². The lowest BCUT2D eigenvalue weighted by Crippen LogP contribution is -2.12. The first-order chi connectivity index (χ1) is 15.3. The first-order valence-corrected chi connectivity index (χ1v) is 11.0. The van der Waals surface area contributed by atoms with Gasteiger partial charge in [0.25, 0.3) is 5.56 Å². The highest BCUT2D eigenvalue weighted by atomic mass is 32.2. The molecule has 5 rings (SSSR count). The zero-order chi connectivity index (χ0) is 22.6. The Bertz CT molecular complexity index is 1680. The molecule has 0 bridgehead atoms. The quantitative estimate of drug-likeness (QED) is 0.420. The summed E-state index contributed by atoms with van der Waals surface area (Å²) >= 11 is 0. The van der Waals surface area contributed by atoms with Gasteiger partial charge in [0, 0.05) is 11.6 Å². The molecule has 0 aliphatic carbocycles. The highest BCUT2D eigenvalue weighted by Gasteiger charge is 2.28. The van der Waals surface area contributed by atoms with Gasteiger partial charge in [-0.05, 0) is 49.7 Å². The van der Waals surface area contributed by atoms with Crippen LogP contribution in [0.4, 0.5) is 0 Å². The molecule has 0 saturated heterocycles. The number of hydrogen-bond acceptors (Lipinski definition) is 8. The molecule has 3 heterocycles. The Morgan fingerprint density at radius 2 is 1.84 bits per heavy atom. The first kappa shape index (κ1) is 19.9. The number of ether oxygens (including phenoxy) is 1. The molecule has 0 saturated carbocycles. The van der Waals surface area contributed by atoms with E-state index in [0.717, 1.165) is 0 Å². The fourth-order valence-electron chi connectivity index (χ4n) is 3.56. The van der Waals surface area contributed by atoms with Gasteiger partial charge in [-0.25, -0.2) is 23.1 Å². The Kier molecular flexibility index (Phi) is 4.34. The molecule has 12 heteroatoms. The van der Waals surface area contributed by atoms with Crippen LogP contribution in [0.3, 0.4) is 0 Å². The normalized spacial score (nSPS) is 12.0. The minimum atomic E-state index is -4.09. The summed E-state index contributed by atoms with van der Waals surface area (Å²) in [5, 5.41) is 13.5. The number of aromatic nitrogens is 7. The van der Waals surface area contributed by atoms with Gasteiger partial charge in [-0.2, -0.15) is 10.1 Å². The SMILES string of the molecule is COc1ccc2c(=O)nc3c(S(=O)(=O)c4ccc(-c5n[nH]c(C)n5)cc4C)n[nH]n3c2c1. The topological polar surface area (TPSA) is 148 Å². The van der Waals surface area contributed by atoms with Crippen LogP contribution < -0.4 is 10.3 Å². The van der Waals surface area contributed by atoms with Crippen molar-refractivity contribution < 1.29 is 13.2 Å². The standard InChI is InChI=1S/C20H17N7O4S/c1-10-8-12(17-21-11(2)23-24-17)4-7-16(10)32(29,30)20-18-22-19(28)14-6-5-13(31-3)9-15(14)27(18)26-25-20/h4-9,26H,1-3H3,(H,21,23,24). The molecule has 0 atom stereocenters. The maximum absolute atomic E-state index is 13.5. The van der Waals surface area contributed by atoms with Crippen molar-refractivity contribution in [3.05, 3.63) is 58.1 Å². The average molecular weight is 451 g/mol. The van der Waals surface area contributed by atoms with E-state index in [-0.39, 0.29) is 15.6 Å². The van der Waals surface area contributed by atoms with E-state index in [1.807, 2.05) is 0 Å². The Labute approximate surface area is 181 Å². The molecule has 162 valence electrons. The summed E-state index contributed by atoms with van der Waals surface area (Å²) in [5.74, 6) is 1.62. The van der Waals surface area contributed by atoms with E-state index in [9.17, 15) is 13.2 Å². The smallest absolute Gasteiger partial charge is 0.281 e. The van der Waals surface area contributed by atoms with Gasteiger partial charge >= 0.3 is 0 Å². The third kappa shape index (κ3) is 2.95. The highest BCUT2D eigenvalue weighted by molar-refractivity contribution is 7.91. The number of aromatic amines is 2. The first-order valence-electron chi connectivity index (χ1n) is 9.49. The van der Waals surface area contributed by atoms with Crippen molar-refractivity contribution in [2.45, 2.75) is 23.8 Å². The van der Waals surface area contributed by atoms with E-state index >= 15 is 0 Å². The van der Waals surface area contributed by atoms with Crippen LogP contribution in [0.2, 0.25) is 0 Å². The maximum Gasteiger partial charge on any atom is 0.281 e. The lowest BCUT2D eigenvalue weighted by atomic mass is 10.1. The number of nitrogens with zero attached hydrogens (tertiary/aromatic N) is 5. The number of H-pyrrole nitrogens is 2. The van der Waals surface area contributed by atoms with E-state index in [1.54, 1.807) is 44.2 Å². The number of aryl methyl sites for hydroxylation is 2. The molecular formula is C20H17N7O4S. The zero-order valence-electron chi connectivity index (χ0n) is 17.2. The summed E-state index contributed by atoms with van der Waals surface area (Å²) in [7, 11) is -2.59. The number of benzene rings is 2. The van der Waals surface area contributed by atoms with Crippen LogP contribution >= 0.6 is 0 Å². The number of hydrogen-bond donors (Lipinski definition) is 2. The maximum atomic E-state index is 13.5. The molecule has 0 spiro atoms. The summed E-state index contributed by atoms with van der Waals surface area (Å²) in [6.45, 7) is 3.45. The van der Waals surface area contributed by atoms with Gasteiger partial charge < -0.3 is 4.74 Å². The van der Waals surface area contributed by atoms with E-state index in [1.165, 1.54) is 17.7 Å². The summed E-state index contributed by atoms with van der Waals surface area (Å²) in [4.78, 5) is 20.8. The molecule has 0 aliphatic heterocycles. The van der Waals surface area contributed by atoms with E-state index in [0.29, 0.717) is 39.4 Å². The summed E-state index contributed by atoms with van der Waals surface area (Å²) in [5.41, 5.74) is 0.901. The lowest BCUT2D eigenvalue weighted by Gasteiger charge is -2.07. The molecule has 5 aromatic rings. The molecule has 32 heavy (non-hydrogen) atoms. The van der Waals surface area contributed by atoms with Gasteiger partial charge in [0.2, 0.25) is 14.9 Å². The fraction of sp³-hybridized carbons (Fsp3) is 0.150. The lowest BCUT2D eigenvalue weighted by molar-refractivity contribution is 0.415. The number of nitrogens with one attached hydrogen (secondary N) is 2. The van der Waals surface area contributed by atoms with Crippen LogP contribution in [0.25, 0.3) is 27.9 Å². The van der Waals surface area contributed by atoms with Gasteiger partial charge in [-0.3, -0.25) is 9.89 Å². The van der Waals surface area contributed by atoms with Crippen LogP contribution in [0.1, 0.15) is 11.4 Å². The van der Waals surface area contributed by atoms with E-state index < -0.39 is 15.4 Å². The fourth-order valence-corrected chi connectivity index (χ4v) is 5.04. The minimum absolute atomic E-state index is 0.0440. The molecule has 0 radical (unpaired) electrons. The summed E-state index contributed by atoms with van der Waals surface area (Å²) in [6, 6.07) is 9.59. The predicted octanol–water partition coefficient (Wildman–Crippen LogP) is 1.81. The second-order valence-electron chi connectivity index (χ2n) is 7.20. The molecule has 2 aromatic carbocycles. The van der Waals surface area contributed by atoms with Crippen LogP contribution in [0.5, 0.6) is 5.75 Å². The van der Waals surface area contributed by atoms with Gasteiger partial charge in [0.15, 0.2) is 11.5 Å². The van der Waals surface area contributed by atoms with Crippen molar-refractivity contribution in [3.8, 4) is 17.1 Å². The largest absolute Gasteiger partial charge is 0.497 e. The Hall–Kier alpha value is -4.06. The van der Waals surface area contributed by atoms with E-state index in [4.69, 9.17) is 4.74 Å². The van der Waals surface area contributed by atoms with Gasteiger partial charge in [-0.1, -0.05) is 0 Å². The summed E-state index contributed by atoms with van der Waals surface area (Å²) in [6.07, 6.45) is 0. The Morgan fingerprint density at radius 3 is 2.53 bits per heavy atom. The molecule has 0 fully saturated rings. The third-order valence-corrected chi connectivity index (χ3v) is 6.93. The highest BCUT2D eigenvalue weighted by Crippen LogP contribution is 2.28. The number of sulfone groups is 1. The van der Waals surface area contributed by atoms with Crippen molar-refractivity contribution >= 4 is 26.4 Å². The molecular weight excluding hydrogens is 434 g/mol. The molecule has 0 amide bonds. The van der Waals surface area contributed by atoms with Crippen LogP contribution in [0.15, 0.2) is 51.1 Å². The number of fused-ring (bicyclic) bond motifs is 3. The number of rotatable bonds is 4. The van der Waals surface area contributed by atoms with Crippen molar-refractivity contribution in [2.75, 3.05) is 7.11 Å². The Morgan fingerprint density at radius 1 is 1.03 bits per heavy atom.